The molecule has 0 saturated carbocycles. The Morgan fingerprint density at radius 2 is 2.07 bits per heavy atom. The molecule has 0 heterocycles. The first-order valence-electron chi connectivity index (χ1n) is 4.43. The third-order valence-electron chi connectivity index (χ3n) is 1.69. The monoisotopic (exact) mass is 204 g/mol. The van der Waals surface area contributed by atoms with Crippen LogP contribution < -0.4 is 11.1 Å². The van der Waals surface area contributed by atoms with E-state index in [0.29, 0.717) is 6.42 Å². The van der Waals surface area contributed by atoms with Crippen LogP contribution in [0.5, 0.6) is 0 Å². The molecule has 82 valence electrons. The Kier molecular flexibility index (Phi) is 5.82. The molecular weight excluding hydrogens is 188 g/mol. The lowest BCUT2D eigenvalue weighted by molar-refractivity contribution is -0.146. The molecule has 0 aliphatic carbocycles. The molecule has 0 aromatic carbocycles. The molecule has 5 N–H and O–H groups in total. The number of nitrogens with two attached hydrogens (primary N) is 1. The summed E-state index contributed by atoms with van der Waals surface area (Å²) in [6.07, 6.45) is -0.266. The first kappa shape index (κ1) is 12.9. The minimum Gasteiger partial charge on any atom is -0.479 e. The van der Waals surface area contributed by atoms with Crippen molar-refractivity contribution in [1.29, 1.82) is 0 Å². The summed E-state index contributed by atoms with van der Waals surface area (Å²) in [5.74, 6) is -1.80. The maximum atomic E-state index is 11.1. The number of aliphatic hydroxyl groups excluding tert-OH is 1. The maximum Gasteiger partial charge on any atom is 0.334 e. The van der Waals surface area contributed by atoms with Crippen LogP contribution in [0.2, 0.25) is 0 Å². The molecule has 0 aliphatic rings. The predicted molar refractivity (Wildman–Crippen MR) is 49.5 cm³/mol. The van der Waals surface area contributed by atoms with E-state index in [4.69, 9.17) is 15.9 Å². The fraction of sp³-hybridized carbons (Fsp3) is 0.750. The summed E-state index contributed by atoms with van der Waals surface area (Å²) in [7, 11) is 0. The van der Waals surface area contributed by atoms with Crippen LogP contribution in [0.1, 0.15) is 19.8 Å². The predicted octanol–water partition coefficient (Wildman–Crippen LogP) is -1.32. The van der Waals surface area contributed by atoms with Crippen LogP contribution >= 0.6 is 0 Å². The van der Waals surface area contributed by atoms with E-state index in [1.54, 1.807) is 0 Å². The van der Waals surface area contributed by atoms with Gasteiger partial charge in [-0.3, -0.25) is 4.79 Å². The summed E-state index contributed by atoms with van der Waals surface area (Å²) < 4.78 is 0. The average Bonchev–Trinajstić information content (AvgIpc) is 2.13. The standard InChI is InChI=1S/C8H16N2O4/c1-2-3-5(9)7(12)10-4-6(11)8(13)14/h5-6,11H,2-4,9H2,1H3,(H,10,12)(H,13,14)/t5-,6?/m0/s1. The third-order valence-corrected chi connectivity index (χ3v) is 1.69. The SMILES string of the molecule is CCC[C@H](N)C(=O)NCC(O)C(=O)O. The molecule has 0 saturated heterocycles. The summed E-state index contributed by atoms with van der Waals surface area (Å²) in [5.41, 5.74) is 5.45. The van der Waals surface area contributed by atoms with Gasteiger partial charge in [0.2, 0.25) is 5.91 Å². The zero-order valence-electron chi connectivity index (χ0n) is 8.06. The van der Waals surface area contributed by atoms with E-state index < -0.39 is 24.0 Å². The van der Waals surface area contributed by atoms with Crippen molar-refractivity contribution in [3.8, 4) is 0 Å². The zero-order chi connectivity index (χ0) is 11.1. The Morgan fingerprint density at radius 1 is 1.50 bits per heavy atom. The Morgan fingerprint density at radius 3 is 2.50 bits per heavy atom. The van der Waals surface area contributed by atoms with Crippen molar-refractivity contribution in [2.45, 2.75) is 31.9 Å². The van der Waals surface area contributed by atoms with Crippen molar-refractivity contribution >= 4 is 11.9 Å². The van der Waals surface area contributed by atoms with E-state index >= 15 is 0 Å². The van der Waals surface area contributed by atoms with Crippen molar-refractivity contribution in [2.75, 3.05) is 6.54 Å². The molecule has 0 fully saturated rings. The van der Waals surface area contributed by atoms with Crippen molar-refractivity contribution in [3.63, 3.8) is 0 Å². The van der Waals surface area contributed by atoms with Gasteiger partial charge in [-0.05, 0) is 6.42 Å². The van der Waals surface area contributed by atoms with Crippen LogP contribution in [0, 0.1) is 0 Å². The van der Waals surface area contributed by atoms with E-state index in [1.807, 2.05) is 6.92 Å². The first-order valence-corrected chi connectivity index (χ1v) is 4.43. The first-order chi connectivity index (χ1) is 6.49. The Hall–Kier alpha value is -1.14. The molecule has 0 aromatic rings. The lowest BCUT2D eigenvalue weighted by Crippen LogP contribution is -2.44. The molecule has 0 radical (unpaired) electrons. The molecule has 0 rings (SSSR count). The van der Waals surface area contributed by atoms with Gasteiger partial charge in [0, 0.05) is 0 Å². The second-order valence-corrected chi connectivity index (χ2v) is 2.99. The van der Waals surface area contributed by atoms with Gasteiger partial charge in [-0.2, -0.15) is 0 Å². The average molecular weight is 204 g/mol. The molecule has 0 spiro atoms. The van der Waals surface area contributed by atoms with E-state index in [-0.39, 0.29) is 6.54 Å². The van der Waals surface area contributed by atoms with Crippen molar-refractivity contribution in [2.24, 2.45) is 5.73 Å². The van der Waals surface area contributed by atoms with Crippen LogP contribution in [-0.2, 0) is 9.59 Å². The number of carbonyl (C=O) groups is 2. The Balaban J connectivity index is 3.78. The number of carbonyl (C=O) groups excluding carboxylic acids is 1. The van der Waals surface area contributed by atoms with Gasteiger partial charge in [-0.15, -0.1) is 0 Å². The van der Waals surface area contributed by atoms with Crippen LogP contribution in [0.25, 0.3) is 0 Å². The van der Waals surface area contributed by atoms with Gasteiger partial charge in [0.1, 0.15) is 0 Å². The second-order valence-electron chi connectivity index (χ2n) is 2.99. The van der Waals surface area contributed by atoms with Crippen LogP contribution in [0.15, 0.2) is 0 Å². The van der Waals surface area contributed by atoms with Gasteiger partial charge in [0.05, 0.1) is 12.6 Å². The second kappa shape index (κ2) is 6.33. The summed E-state index contributed by atoms with van der Waals surface area (Å²) in [5, 5.41) is 19.4. The fourth-order valence-electron chi connectivity index (χ4n) is 0.858. The van der Waals surface area contributed by atoms with E-state index in [2.05, 4.69) is 5.32 Å². The number of rotatable bonds is 6. The highest BCUT2D eigenvalue weighted by Crippen LogP contribution is 1.92. The van der Waals surface area contributed by atoms with E-state index in [1.165, 1.54) is 0 Å². The smallest absolute Gasteiger partial charge is 0.334 e. The summed E-state index contributed by atoms with van der Waals surface area (Å²) in [6.45, 7) is 1.57. The summed E-state index contributed by atoms with van der Waals surface area (Å²) >= 11 is 0. The number of carboxylic acids is 1. The zero-order valence-corrected chi connectivity index (χ0v) is 8.06. The highest BCUT2D eigenvalue weighted by molar-refractivity contribution is 5.82. The highest BCUT2D eigenvalue weighted by atomic mass is 16.4. The third kappa shape index (κ3) is 4.78. The van der Waals surface area contributed by atoms with Gasteiger partial charge in [-0.1, -0.05) is 13.3 Å². The molecule has 1 amide bonds. The maximum absolute atomic E-state index is 11.1. The van der Waals surface area contributed by atoms with Crippen molar-refractivity contribution in [3.05, 3.63) is 0 Å². The van der Waals surface area contributed by atoms with E-state index in [0.717, 1.165) is 6.42 Å². The quantitative estimate of drug-likeness (QED) is 0.428. The number of hydrogen-bond donors (Lipinski definition) is 4. The number of aliphatic carboxylic acids is 1. The van der Waals surface area contributed by atoms with Crippen LogP contribution in [0.4, 0.5) is 0 Å². The fourth-order valence-corrected chi connectivity index (χ4v) is 0.858. The largest absolute Gasteiger partial charge is 0.479 e. The molecule has 1 unspecified atom stereocenters. The van der Waals surface area contributed by atoms with Gasteiger partial charge in [0.25, 0.3) is 0 Å². The lowest BCUT2D eigenvalue weighted by atomic mass is 10.1. The van der Waals surface area contributed by atoms with Crippen molar-refractivity contribution in [1.82, 2.24) is 5.32 Å². The number of hydrogen-bond acceptors (Lipinski definition) is 4. The molecular formula is C8H16N2O4. The Labute approximate surface area is 82.1 Å². The molecule has 6 nitrogen and oxygen atoms in total. The topological polar surface area (TPSA) is 113 Å². The minimum absolute atomic E-state index is 0.314. The minimum atomic E-state index is -1.58. The molecule has 2 atom stereocenters. The summed E-state index contributed by atoms with van der Waals surface area (Å²) in [4.78, 5) is 21.3. The molecule has 14 heavy (non-hydrogen) atoms. The summed E-state index contributed by atoms with van der Waals surface area (Å²) in [6, 6.07) is -0.638. The molecule has 0 aliphatic heterocycles. The molecule has 0 aromatic heterocycles. The lowest BCUT2D eigenvalue weighted by Gasteiger charge is -2.12. The number of amides is 1. The van der Waals surface area contributed by atoms with Crippen molar-refractivity contribution < 1.29 is 19.8 Å². The van der Waals surface area contributed by atoms with Gasteiger partial charge < -0.3 is 21.3 Å². The number of nitrogens with one attached hydrogen (secondary N) is 1. The number of carboxylic acid groups (broad SMARTS) is 1. The van der Waals surface area contributed by atoms with Crippen LogP contribution in [-0.4, -0.2) is 40.8 Å². The van der Waals surface area contributed by atoms with Crippen LogP contribution in [0.3, 0.4) is 0 Å². The molecule has 6 heteroatoms. The van der Waals surface area contributed by atoms with E-state index in [9.17, 15) is 9.59 Å². The van der Waals surface area contributed by atoms with Gasteiger partial charge in [-0.25, -0.2) is 4.79 Å². The highest BCUT2D eigenvalue weighted by Gasteiger charge is 2.17. The molecule has 0 bridgehead atoms. The Bertz CT molecular complexity index is 208. The van der Waals surface area contributed by atoms with Gasteiger partial charge in [0.15, 0.2) is 6.10 Å². The normalized spacial score (nSPS) is 14.5. The van der Waals surface area contributed by atoms with Gasteiger partial charge >= 0.3 is 5.97 Å². The number of aliphatic hydroxyl groups is 1.